The second kappa shape index (κ2) is 3.88. The van der Waals surface area contributed by atoms with Crippen molar-refractivity contribution in [1.29, 1.82) is 0 Å². The highest BCUT2D eigenvalue weighted by Crippen LogP contribution is 2.10. The fourth-order valence-electron chi connectivity index (χ4n) is 0.831. The van der Waals surface area contributed by atoms with Gasteiger partial charge in [-0.25, -0.2) is 0 Å². The van der Waals surface area contributed by atoms with Crippen molar-refractivity contribution in [1.82, 2.24) is 15.0 Å². The van der Waals surface area contributed by atoms with Crippen LogP contribution in [0, 0.1) is 0 Å². The lowest BCUT2D eigenvalue weighted by atomic mass is 10.5. The molecule has 76 valence electrons. The molecule has 0 radical (unpaired) electrons. The summed E-state index contributed by atoms with van der Waals surface area (Å²) in [6.07, 6.45) is 0.437. The van der Waals surface area contributed by atoms with Crippen LogP contribution in [-0.2, 0) is 0 Å². The molecule has 0 bridgehead atoms. The van der Waals surface area contributed by atoms with E-state index in [9.17, 15) is 5.11 Å². The van der Waals surface area contributed by atoms with Crippen LogP contribution >= 0.6 is 0 Å². The molecular formula is C7H12N6O. The van der Waals surface area contributed by atoms with Gasteiger partial charge >= 0.3 is 0 Å². The maximum absolute atomic E-state index is 9.39. The van der Waals surface area contributed by atoms with Crippen LogP contribution in [0.2, 0.25) is 0 Å². The van der Waals surface area contributed by atoms with Crippen LogP contribution in [0.1, 0.15) is 0 Å². The van der Waals surface area contributed by atoms with Crippen LogP contribution in [0.4, 0.5) is 17.8 Å². The molecule has 0 amide bonds. The topological polar surface area (TPSA) is 114 Å². The largest absolute Gasteiger partial charge is 0.370 e. The summed E-state index contributed by atoms with van der Waals surface area (Å²) in [5.41, 5.74) is 10.7. The highest BCUT2D eigenvalue weighted by Gasteiger charge is 2.12. The fourth-order valence-corrected chi connectivity index (χ4v) is 0.831. The summed E-state index contributed by atoms with van der Waals surface area (Å²) in [6, 6.07) is 0. The number of aromatic nitrogens is 3. The van der Waals surface area contributed by atoms with Crippen LogP contribution in [0.25, 0.3) is 0 Å². The number of hydrogen-bond acceptors (Lipinski definition) is 7. The molecule has 0 saturated heterocycles. The van der Waals surface area contributed by atoms with Crippen LogP contribution in [0.5, 0.6) is 0 Å². The Bertz CT molecular complexity index is 321. The summed E-state index contributed by atoms with van der Waals surface area (Å²) in [7, 11) is 1.58. The number of likely N-dealkylation sites (N-methyl/N-ethyl adjacent to an activating group) is 1. The lowest BCUT2D eigenvalue weighted by Crippen LogP contribution is -2.31. The van der Waals surface area contributed by atoms with E-state index in [1.54, 1.807) is 7.05 Å². The quantitative estimate of drug-likeness (QED) is 0.418. The third-order valence-electron chi connectivity index (χ3n) is 1.58. The Kier molecular flexibility index (Phi) is 2.82. The second-order valence-corrected chi connectivity index (χ2v) is 2.61. The Morgan fingerprint density at radius 1 is 1.36 bits per heavy atom. The number of anilines is 3. The Labute approximate surface area is 81.1 Å². The molecule has 0 aliphatic carbocycles. The zero-order valence-electron chi connectivity index (χ0n) is 7.75. The van der Waals surface area contributed by atoms with Gasteiger partial charge in [-0.15, -0.1) is 0 Å². The Hall–Kier alpha value is -1.89. The van der Waals surface area contributed by atoms with E-state index in [0.717, 1.165) is 0 Å². The number of rotatable bonds is 3. The average Bonchev–Trinajstić information content (AvgIpc) is 2.14. The molecule has 1 rings (SSSR count). The number of hydrogen-bond donors (Lipinski definition) is 3. The Morgan fingerprint density at radius 2 is 1.86 bits per heavy atom. The van der Waals surface area contributed by atoms with Gasteiger partial charge in [-0.2, -0.15) is 15.0 Å². The number of nitrogens with zero attached hydrogens (tertiary/aromatic N) is 4. The second-order valence-electron chi connectivity index (χ2n) is 2.61. The normalized spacial score (nSPS) is 12.1. The van der Waals surface area contributed by atoms with Crippen molar-refractivity contribution < 1.29 is 5.11 Å². The lowest BCUT2D eigenvalue weighted by molar-refractivity contribution is 0.222. The van der Waals surface area contributed by atoms with Gasteiger partial charge in [-0.05, 0) is 6.08 Å². The molecule has 7 heteroatoms. The van der Waals surface area contributed by atoms with E-state index < -0.39 is 6.23 Å². The number of nitrogen functional groups attached to an aromatic ring is 2. The third-order valence-corrected chi connectivity index (χ3v) is 1.58. The summed E-state index contributed by atoms with van der Waals surface area (Å²) in [4.78, 5) is 12.6. The Balaban J connectivity index is 3.00. The molecule has 1 unspecified atom stereocenters. The molecule has 0 aliphatic heterocycles. The zero-order valence-corrected chi connectivity index (χ0v) is 7.75. The van der Waals surface area contributed by atoms with Crippen LogP contribution in [0.3, 0.4) is 0 Å². The van der Waals surface area contributed by atoms with Crippen molar-refractivity contribution in [3.05, 3.63) is 12.7 Å². The highest BCUT2D eigenvalue weighted by atomic mass is 16.3. The van der Waals surface area contributed by atoms with Gasteiger partial charge in [0.05, 0.1) is 0 Å². The number of nitrogens with two attached hydrogens (primary N) is 2. The van der Waals surface area contributed by atoms with Gasteiger partial charge in [0.25, 0.3) is 0 Å². The summed E-state index contributed by atoms with van der Waals surface area (Å²) in [5.74, 6) is 0.216. The maximum Gasteiger partial charge on any atom is 0.233 e. The molecule has 0 fully saturated rings. The van der Waals surface area contributed by atoms with E-state index in [1.807, 2.05) is 0 Å². The molecule has 0 aliphatic rings. The monoisotopic (exact) mass is 196 g/mol. The van der Waals surface area contributed by atoms with Crippen molar-refractivity contribution in [2.75, 3.05) is 23.4 Å². The van der Waals surface area contributed by atoms with Crippen molar-refractivity contribution in [2.45, 2.75) is 6.23 Å². The molecule has 0 aromatic carbocycles. The smallest absolute Gasteiger partial charge is 0.233 e. The summed E-state index contributed by atoms with van der Waals surface area (Å²) >= 11 is 0. The molecule has 5 N–H and O–H groups in total. The van der Waals surface area contributed by atoms with Gasteiger partial charge in [0.15, 0.2) is 0 Å². The number of aliphatic hydroxyl groups is 1. The zero-order chi connectivity index (χ0) is 10.7. The van der Waals surface area contributed by atoms with Gasteiger partial charge in [0.1, 0.15) is 6.23 Å². The van der Waals surface area contributed by atoms with E-state index in [-0.39, 0.29) is 17.8 Å². The van der Waals surface area contributed by atoms with Gasteiger partial charge in [0.2, 0.25) is 17.8 Å². The minimum Gasteiger partial charge on any atom is -0.370 e. The average molecular weight is 196 g/mol. The van der Waals surface area contributed by atoms with Crippen LogP contribution in [-0.4, -0.2) is 33.3 Å². The SMILES string of the molecule is C=CC(O)N(C)c1nc(N)nc(N)n1. The van der Waals surface area contributed by atoms with Gasteiger partial charge < -0.3 is 21.5 Å². The van der Waals surface area contributed by atoms with E-state index in [2.05, 4.69) is 21.5 Å². The van der Waals surface area contributed by atoms with Crippen LogP contribution < -0.4 is 16.4 Å². The highest BCUT2D eigenvalue weighted by molar-refractivity contribution is 5.39. The first-order valence-electron chi connectivity index (χ1n) is 3.85. The first kappa shape index (κ1) is 10.2. The molecule has 1 heterocycles. The first-order chi connectivity index (χ1) is 6.54. The number of aliphatic hydroxyl groups excluding tert-OH is 1. The summed E-state index contributed by atoms with van der Waals surface area (Å²) in [6.45, 7) is 3.43. The summed E-state index contributed by atoms with van der Waals surface area (Å²) < 4.78 is 0. The molecular weight excluding hydrogens is 184 g/mol. The van der Waals surface area contributed by atoms with Gasteiger partial charge in [0, 0.05) is 7.05 Å². The van der Waals surface area contributed by atoms with Crippen molar-refractivity contribution in [2.24, 2.45) is 0 Å². The van der Waals surface area contributed by atoms with Gasteiger partial charge in [-0.1, -0.05) is 6.58 Å². The van der Waals surface area contributed by atoms with E-state index in [4.69, 9.17) is 11.5 Å². The minimum atomic E-state index is -0.892. The predicted molar refractivity (Wildman–Crippen MR) is 53.3 cm³/mol. The lowest BCUT2D eigenvalue weighted by Gasteiger charge is -2.20. The minimum absolute atomic E-state index is 0.00983. The maximum atomic E-state index is 9.39. The molecule has 0 spiro atoms. The molecule has 0 saturated carbocycles. The van der Waals surface area contributed by atoms with E-state index in [1.165, 1.54) is 11.0 Å². The first-order valence-corrected chi connectivity index (χ1v) is 3.85. The van der Waals surface area contributed by atoms with Gasteiger partial charge in [-0.3, -0.25) is 0 Å². The fraction of sp³-hybridized carbons (Fsp3) is 0.286. The van der Waals surface area contributed by atoms with Crippen molar-refractivity contribution >= 4 is 17.8 Å². The van der Waals surface area contributed by atoms with E-state index >= 15 is 0 Å². The summed E-state index contributed by atoms with van der Waals surface area (Å²) in [5, 5.41) is 9.39. The van der Waals surface area contributed by atoms with E-state index in [0.29, 0.717) is 0 Å². The molecule has 14 heavy (non-hydrogen) atoms. The van der Waals surface area contributed by atoms with Crippen molar-refractivity contribution in [3.63, 3.8) is 0 Å². The van der Waals surface area contributed by atoms with Crippen molar-refractivity contribution in [3.8, 4) is 0 Å². The molecule has 1 aromatic heterocycles. The third kappa shape index (κ3) is 2.07. The predicted octanol–water partition coefficient (Wildman–Crippen LogP) is -1.02. The standard InChI is InChI=1S/C7H12N6O/c1-3-4(14)13(2)7-11-5(8)10-6(9)12-7/h3-4,14H,1H2,2H3,(H4,8,9,10,11,12). The van der Waals surface area contributed by atoms with Crippen LogP contribution in [0.15, 0.2) is 12.7 Å². The molecule has 1 aromatic rings. The Morgan fingerprint density at radius 3 is 2.29 bits per heavy atom. The molecule has 1 atom stereocenters. The molecule has 7 nitrogen and oxygen atoms in total.